The van der Waals surface area contributed by atoms with Gasteiger partial charge in [-0.05, 0) is 6.92 Å². The number of carbonyl (C=O) groups excluding carboxylic acids is 1. The van der Waals surface area contributed by atoms with Crippen molar-refractivity contribution in [1.82, 2.24) is 20.1 Å². The average Bonchev–Trinajstić information content (AvgIpc) is 2.69. The van der Waals surface area contributed by atoms with Crippen LogP contribution in [0.15, 0.2) is 19.0 Å². The average molecular weight is 239 g/mol. The Morgan fingerprint density at radius 3 is 3.18 bits per heavy atom. The van der Waals surface area contributed by atoms with E-state index in [2.05, 4.69) is 22.0 Å². The second-order valence-electron chi connectivity index (χ2n) is 3.54. The van der Waals surface area contributed by atoms with Crippen molar-refractivity contribution >= 4 is 11.9 Å². The van der Waals surface area contributed by atoms with E-state index in [4.69, 9.17) is 10.5 Å². The van der Waals surface area contributed by atoms with Gasteiger partial charge in [-0.15, -0.1) is 11.7 Å². The van der Waals surface area contributed by atoms with Gasteiger partial charge in [-0.25, -0.2) is 9.67 Å². The number of amides is 1. The first kappa shape index (κ1) is 13.2. The van der Waals surface area contributed by atoms with Crippen LogP contribution in [-0.2, 0) is 16.1 Å². The van der Waals surface area contributed by atoms with Crippen LogP contribution in [0, 0.1) is 0 Å². The molecule has 7 nitrogen and oxygen atoms in total. The maximum Gasteiger partial charge on any atom is 0.241 e. The number of anilines is 1. The highest BCUT2D eigenvalue weighted by molar-refractivity contribution is 5.75. The Hall–Kier alpha value is -1.89. The first-order valence-electron chi connectivity index (χ1n) is 5.26. The molecule has 3 N–H and O–H groups in total. The summed E-state index contributed by atoms with van der Waals surface area (Å²) in [6.07, 6.45) is 3.01. The zero-order valence-corrected chi connectivity index (χ0v) is 9.80. The van der Waals surface area contributed by atoms with Crippen molar-refractivity contribution in [3.8, 4) is 0 Å². The van der Waals surface area contributed by atoms with Gasteiger partial charge in [-0.1, -0.05) is 6.08 Å². The fraction of sp³-hybridized carbons (Fsp3) is 0.500. The second kappa shape index (κ2) is 6.64. The highest BCUT2D eigenvalue weighted by Crippen LogP contribution is 1.91. The number of nitrogens with two attached hydrogens (primary N) is 1. The first-order chi connectivity index (χ1) is 8.11. The fourth-order valence-corrected chi connectivity index (χ4v) is 1.14. The Balaban J connectivity index is 2.23. The molecule has 1 heterocycles. The summed E-state index contributed by atoms with van der Waals surface area (Å²) in [5, 5.41) is 6.53. The Kier molecular flexibility index (Phi) is 5.15. The monoisotopic (exact) mass is 239 g/mol. The lowest BCUT2D eigenvalue weighted by Crippen LogP contribution is -2.34. The smallest absolute Gasteiger partial charge is 0.241 e. The Bertz CT molecular complexity index is 377. The van der Waals surface area contributed by atoms with Crippen LogP contribution in [0.2, 0.25) is 0 Å². The zero-order valence-electron chi connectivity index (χ0n) is 9.80. The van der Waals surface area contributed by atoms with Gasteiger partial charge in [-0.2, -0.15) is 0 Å². The van der Waals surface area contributed by atoms with E-state index in [1.54, 1.807) is 6.08 Å². The molecule has 0 aromatic carbocycles. The summed E-state index contributed by atoms with van der Waals surface area (Å²) in [4.78, 5) is 15.2. The lowest BCUT2D eigenvalue weighted by atomic mass is 10.4. The summed E-state index contributed by atoms with van der Waals surface area (Å²) >= 11 is 0. The van der Waals surface area contributed by atoms with Crippen LogP contribution < -0.4 is 11.1 Å². The number of ether oxygens (including phenoxy) is 1. The molecule has 7 heteroatoms. The summed E-state index contributed by atoms with van der Waals surface area (Å²) in [6.45, 7) is 6.42. The topological polar surface area (TPSA) is 95.1 Å². The van der Waals surface area contributed by atoms with Crippen LogP contribution in [0.1, 0.15) is 6.92 Å². The van der Waals surface area contributed by atoms with Crippen molar-refractivity contribution in [1.29, 1.82) is 0 Å². The lowest BCUT2D eigenvalue weighted by Gasteiger charge is -2.12. The molecule has 1 rings (SSSR count). The van der Waals surface area contributed by atoms with Gasteiger partial charge >= 0.3 is 0 Å². The minimum absolute atomic E-state index is 0.0576. The van der Waals surface area contributed by atoms with Crippen LogP contribution >= 0.6 is 0 Å². The molecule has 1 unspecified atom stereocenters. The van der Waals surface area contributed by atoms with Crippen LogP contribution in [0.3, 0.4) is 0 Å². The summed E-state index contributed by atoms with van der Waals surface area (Å²) in [5.41, 5.74) is 5.33. The number of hydrogen-bond donors (Lipinski definition) is 2. The zero-order chi connectivity index (χ0) is 12.7. The number of nitrogen functional groups attached to an aromatic ring is 1. The number of aromatic nitrogens is 3. The van der Waals surface area contributed by atoms with Crippen molar-refractivity contribution in [2.45, 2.75) is 19.6 Å². The van der Waals surface area contributed by atoms with E-state index in [-0.39, 0.29) is 24.5 Å². The Labute approximate surface area is 99.7 Å². The largest absolute Gasteiger partial charge is 0.373 e. The molecule has 0 aliphatic rings. The molecule has 0 spiro atoms. The van der Waals surface area contributed by atoms with Gasteiger partial charge in [0.05, 0.1) is 12.7 Å². The third-order valence-corrected chi connectivity index (χ3v) is 1.95. The summed E-state index contributed by atoms with van der Waals surface area (Å²) in [5.74, 6) is -0.00978. The minimum Gasteiger partial charge on any atom is -0.373 e. The van der Waals surface area contributed by atoms with E-state index in [0.29, 0.717) is 13.2 Å². The molecule has 1 amide bonds. The van der Waals surface area contributed by atoms with Crippen LogP contribution in [-0.4, -0.2) is 39.9 Å². The Morgan fingerprint density at radius 1 is 1.82 bits per heavy atom. The third-order valence-electron chi connectivity index (χ3n) is 1.95. The fourth-order valence-electron chi connectivity index (χ4n) is 1.14. The molecule has 0 radical (unpaired) electrons. The minimum atomic E-state index is -0.163. The van der Waals surface area contributed by atoms with Gasteiger partial charge < -0.3 is 15.8 Å². The molecule has 1 aromatic heterocycles. The van der Waals surface area contributed by atoms with Crippen molar-refractivity contribution in [3.05, 3.63) is 19.0 Å². The molecule has 0 bridgehead atoms. The molecule has 1 aromatic rings. The number of nitrogens with one attached hydrogen (secondary N) is 1. The summed E-state index contributed by atoms with van der Waals surface area (Å²) in [6, 6.07) is 0. The molecule has 0 saturated carbocycles. The van der Waals surface area contributed by atoms with E-state index >= 15 is 0 Å². The van der Waals surface area contributed by atoms with E-state index < -0.39 is 0 Å². The van der Waals surface area contributed by atoms with Crippen LogP contribution in [0.25, 0.3) is 0 Å². The lowest BCUT2D eigenvalue weighted by molar-refractivity contribution is -0.122. The van der Waals surface area contributed by atoms with Gasteiger partial charge in [0.1, 0.15) is 12.9 Å². The molecule has 0 saturated heterocycles. The number of rotatable bonds is 7. The Morgan fingerprint density at radius 2 is 2.59 bits per heavy atom. The summed E-state index contributed by atoms with van der Waals surface area (Å²) in [7, 11) is 0. The van der Waals surface area contributed by atoms with Crippen LogP contribution in [0.5, 0.6) is 0 Å². The highest BCUT2D eigenvalue weighted by Gasteiger charge is 2.07. The van der Waals surface area contributed by atoms with Gasteiger partial charge in [-0.3, -0.25) is 4.79 Å². The summed E-state index contributed by atoms with van der Waals surface area (Å²) < 4.78 is 6.68. The van der Waals surface area contributed by atoms with Crippen molar-refractivity contribution in [2.24, 2.45) is 0 Å². The molecule has 1 atom stereocenters. The molecular formula is C10H17N5O2. The number of nitrogens with zero attached hydrogens (tertiary/aromatic N) is 3. The highest BCUT2D eigenvalue weighted by atomic mass is 16.5. The van der Waals surface area contributed by atoms with Crippen molar-refractivity contribution in [3.63, 3.8) is 0 Å². The normalized spacial score (nSPS) is 12.1. The number of hydrogen-bond acceptors (Lipinski definition) is 5. The van der Waals surface area contributed by atoms with E-state index in [9.17, 15) is 4.79 Å². The molecular weight excluding hydrogens is 222 g/mol. The van der Waals surface area contributed by atoms with Crippen molar-refractivity contribution in [2.75, 3.05) is 18.9 Å². The molecule has 0 aliphatic heterocycles. The molecule has 0 fully saturated rings. The number of carbonyl (C=O) groups is 1. The van der Waals surface area contributed by atoms with E-state index in [1.807, 2.05) is 6.92 Å². The van der Waals surface area contributed by atoms with Gasteiger partial charge in [0.25, 0.3) is 0 Å². The van der Waals surface area contributed by atoms with E-state index in [0.717, 1.165) is 0 Å². The van der Waals surface area contributed by atoms with E-state index in [1.165, 1.54) is 11.0 Å². The molecule has 0 aliphatic carbocycles. The first-order valence-corrected chi connectivity index (χ1v) is 5.26. The maximum absolute atomic E-state index is 11.5. The SMILES string of the molecule is C=CCOC(C)CNC(=O)Cn1cnc(N)n1. The molecule has 94 valence electrons. The third kappa shape index (κ3) is 5.12. The van der Waals surface area contributed by atoms with Crippen molar-refractivity contribution < 1.29 is 9.53 Å². The predicted octanol–water partition coefficient (Wildman–Crippen LogP) is -0.432. The van der Waals surface area contributed by atoms with Gasteiger partial charge in [0.15, 0.2) is 0 Å². The quantitative estimate of drug-likeness (QED) is 0.629. The standard InChI is InChI=1S/C10H17N5O2/c1-3-4-17-8(2)5-12-9(16)6-15-7-13-10(11)14-15/h3,7-8H,1,4-6H2,2H3,(H2,11,14)(H,12,16). The van der Waals surface area contributed by atoms with Gasteiger partial charge in [0.2, 0.25) is 11.9 Å². The maximum atomic E-state index is 11.5. The van der Waals surface area contributed by atoms with Crippen LogP contribution in [0.4, 0.5) is 5.95 Å². The van der Waals surface area contributed by atoms with Gasteiger partial charge in [0, 0.05) is 6.54 Å². The second-order valence-corrected chi connectivity index (χ2v) is 3.54. The molecule has 17 heavy (non-hydrogen) atoms. The predicted molar refractivity (Wildman–Crippen MR) is 63.1 cm³/mol.